The molecule has 4 aliphatic heterocycles. The van der Waals surface area contributed by atoms with Crippen LogP contribution < -0.4 is 25.6 Å². The van der Waals surface area contributed by atoms with E-state index in [9.17, 15) is 48.3 Å². The lowest BCUT2D eigenvalue weighted by atomic mass is 9.83. The number of halogens is 1. The number of alkyl carbamates (subject to hydrolysis) is 1. The molecule has 0 spiro atoms. The lowest BCUT2D eigenvalue weighted by Gasteiger charge is -2.42. The second-order valence-electron chi connectivity index (χ2n) is 23.7. The first kappa shape index (κ1) is 88.5. The van der Waals surface area contributed by atoms with E-state index >= 15 is 0 Å². The number of hydroxylamine groups is 2. The number of methoxy groups -OCH3 is 2. The van der Waals surface area contributed by atoms with Gasteiger partial charge >= 0.3 is 18.0 Å². The maximum absolute atomic E-state index is 14.2. The Balaban J connectivity index is 0.000000512. The molecular weight excluding hydrogens is 1420 g/mol. The third kappa shape index (κ3) is 28.5. The van der Waals surface area contributed by atoms with Crippen molar-refractivity contribution in [3.05, 3.63) is 95.3 Å². The Labute approximate surface area is 618 Å². The molecule has 4 aliphatic rings. The Morgan fingerprint density at radius 3 is 1.93 bits per heavy atom. The summed E-state index contributed by atoms with van der Waals surface area (Å²) in [5, 5.41) is 23.1. The first-order chi connectivity index (χ1) is 47.1. The van der Waals surface area contributed by atoms with Crippen LogP contribution in [-0.4, -0.2) is 184 Å². The summed E-state index contributed by atoms with van der Waals surface area (Å²) >= 11 is 6.78. The Kier molecular flexibility index (Phi) is 39.6. The number of likely N-dealkylation sites (N-methyl/N-ethyl adjacent to an activating group) is 1. The fourth-order valence-electron chi connectivity index (χ4n) is 9.93. The van der Waals surface area contributed by atoms with E-state index in [2.05, 4.69) is 32.8 Å². The van der Waals surface area contributed by atoms with Gasteiger partial charge in [-0.05, 0) is 110 Å². The molecule has 11 atom stereocenters. The fourth-order valence-corrected chi connectivity index (χ4v) is 16.7. The number of carbonyl (C=O) groups is 9. The summed E-state index contributed by atoms with van der Waals surface area (Å²) in [6.45, 7) is 17.1. The Bertz CT molecular complexity index is 3210. The summed E-state index contributed by atoms with van der Waals surface area (Å²) < 4.78 is 29.3. The summed E-state index contributed by atoms with van der Waals surface area (Å²) in [5.41, 5.74) is -0.976. The fraction of sp³-hybridized carbons (Fsp3) is 0.580. The van der Waals surface area contributed by atoms with Gasteiger partial charge in [0, 0.05) is 120 Å². The number of hydrogen-bond acceptors (Lipinski definition) is 24. The number of imide groups is 1. The van der Waals surface area contributed by atoms with Crippen LogP contribution in [0.5, 0.6) is 5.75 Å². The second kappa shape index (κ2) is 44.7. The maximum atomic E-state index is 14.2. The number of benzene rings is 1. The van der Waals surface area contributed by atoms with E-state index < -0.39 is 83.5 Å². The molecular formula is C69H101ClN8O16S6. The van der Waals surface area contributed by atoms with Crippen LogP contribution in [0, 0.1) is 5.92 Å². The van der Waals surface area contributed by atoms with Gasteiger partial charge in [0.25, 0.3) is 11.8 Å². The van der Waals surface area contributed by atoms with Crippen LogP contribution in [-0.2, 0) is 68.6 Å². The third-order valence-corrected chi connectivity index (χ3v) is 25.2. The minimum Gasteiger partial charge on any atom is -0.495 e. The number of ether oxygens (including phenoxy) is 5. The van der Waals surface area contributed by atoms with Gasteiger partial charge in [-0.2, -0.15) is 0 Å². The number of carbonyl (C=O) groups excluding carboxylic acids is 9. The molecule has 24 nitrogen and oxygen atoms in total. The van der Waals surface area contributed by atoms with Gasteiger partial charge in [-0.3, -0.25) is 34.1 Å². The molecule has 6 heterocycles. The molecule has 2 aromatic heterocycles. The molecule has 100 heavy (non-hydrogen) atoms. The number of fused-ring (bicyclic) bond motifs is 5. The van der Waals surface area contributed by atoms with Gasteiger partial charge in [0.15, 0.2) is 5.72 Å². The highest BCUT2D eigenvalue weighted by Gasteiger charge is 2.64. The van der Waals surface area contributed by atoms with Gasteiger partial charge in [-0.15, -0.1) is 5.06 Å². The first-order valence-electron chi connectivity index (χ1n) is 32.7. The van der Waals surface area contributed by atoms with Crippen molar-refractivity contribution < 1.29 is 76.8 Å². The summed E-state index contributed by atoms with van der Waals surface area (Å²) in [4.78, 5) is 127. The highest BCUT2D eigenvalue weighted by molar-refractivity contribution is 8.77. The number of aromatic nitrogens is 2. The van der Waals surface area contributed by atoms with Crippen LogP contribution in [0.25, 0.3) is 0 Å². The summed E-state index contributed by atoms with van der Waals surface area (Å²) in [6, 6.07) is 14.1. The molecule has 3 aromatic rings. The van der Waals surface area contributed by atoms with Gasteiger partial charge in [0.1, 0.15) is 50.8 Å². The smallest absolute Gasteiger partial charge is 0.409 e. The predicted octanol–water partition coefficient (Wildman–Crippen LogP) is 12.2. The minimum absolute atomic E-state index is 0. The van der Waals surface area contributed by atoms with Gasteiger partial charge < -0.3 is 54.1 Å². The first-order valence-corrected chi connectivity index (χ1v) is 39.8. The summed E-state index contributed by atoms with van der Waals surface area (Å²) in [6.07, 6.45) is 8.09. The standard InChI is InChI=1S/C41H59ClN4O11S2.C14H16N2O4S2.C11H16N2OS2.C2H6.CH4/c1-23-12-11-13-31(54-10)41(52)22-30(55-39(51)44-41)25(3)37-40(5,57-37)32(21-35(49)46(8)28-19-27(18-23)20-29(53-9)36(28)42)56-38(50)26(4)45(7)34(48)16-17-58-59-24(2)14-15-33(47)43-6;1-10(21-22-11-4-2-3-9-15-11)5-8-14(19)20-16-12(17)6-7-13(16)18;1-9(6-7-10(14)12-2)15-16-11-5-3-4-8-13-11;1-2;/h11-13,19-20,24-26,30-32,37,52H,14-18,21-22H2,1-10H3,(H,43,47)(H,44,51);2-4,9-10H,5-8H2,1H3;3-5,8-9H,6-7H2,1-2H3,(H,12,14);1-2H3;1H4/b13-11+,23-12+;;;;/t24?,25-,26+,30+,31-,32+,37+,40+,41+;;;;/m1..../s1. The molecule has 1 aromatic carbocycles. The molecule has 3 saturated heterocycles. The molecule has 3 fully saturated rings. The largest absolute Gasteiger partial charge is 0.495 e. The van der Waals surface area contributed by atoms with Crippen LogP contribution in [0.4, 0.5) is 10.5 Å². The second-order valence-corrected chi connectivity index (χ2v) is 32.3. The summed E-state index contributed by atoms with van der Waals surface area (Å²) in [5.74, 6) is -2.51. The van der Waals surface area contributed by atoms with Crippen molar-refractivity contribution in [2.24, 2.45) is 5.92 Å². The van der Waals surface area contributed by atoms with Gasteiger partial charge in [-0.1, -0.05) is 140 Å². The van der Waals surface area contributed by atoms with E-state index in [0.29, 0.717) is 59.6 Å². The van der Waals surface area contributed by atoms with Crippen molar-refractivity contribution >= 4 is 136 Å². The quantitative estimate of drug-likeness (QED) is 0.0191. The van der Waals surface area contributed by atoms with E-state index in [1.54, 1.807) is 133 Å². The zero-order valence-corrected chi connectivity index (χ0v) is 64.7. The number of epoxide rings is 1. The van der Waals surface area contributed by atoms with Crippen LogP contribution >= 0.6 is 76.4 Å². The van der Waals surface area contributed by atoms with Crippen molar-refractivity contribution in [2.75, 3.05) is 53.1 Å². The Hall–Kier alpha value is -5.70. The molecule has 4 N–H and O–H groups in total. The molecule has 4 bridgehead atoms. The van der Waals surface area contributed by atoms with Crippen LogP contribution in [0.3, 0.4) is 0 Å². The minimum atomic E-state index is -1.84. The van der Waals surface area contributed by atoms with E-state index in [1.165, 1.54) is 41.9 Å². The number of esters is 1. The third-order valence-electron chi connectivity index (χ3n) is 16.1. The average molecular weight is 1530 g/mol. The average Bonchev–Trinajstić information content (AvgIpc) is 1.57. The number of hydrogen-bond donors (Lipinski definition) is 4. The van der Waals surface area contributed by atoms with Crippen molar-refractivity contribution in [3.63, 3.8) is 0 Å². The van der Waals surface area contributed by atoms with Crippen molar-refractivity contribution in [1.82, 2.24) is 35.9 Å². The number of amides is 7. The van der Waals surface area contributed by atoms with E-state index in [0.717, 1.165) is 27.6 Å². The number of nitrogens with one attached hydrogen (secondary N) is 3. The number of aliphatic hydroxyl groups is 1. The lowest BCUT2D eigenvalue weighted by molar-refractivity contribution is -0.197. The number of allylic oxidation sites excluding steroid dienone is 3. The monoisotopic (exact) mass is 1520 g/mol. The number of nitrogens with zero attached hydrogens (tertiary/aromatic N) is 5. The zero-order valence-electron chi connectivity index (χ0n) is 59.0. The highest BCUT2D eigenvalue weighted by Crippen LogP contribution is 2.49. The molecule has 556 valence electrons. The van der Waals surface area contributed by atoms with Gasteiger partial charge in [-0.25, -0.2) is 24.4 Å². The van der Waals surface area contributed by atoms with Crippen LogP contribution in [0.1, 0.15) is 146 Å². The lowest BCUT2D eigenvalue weighted by Crippen LogP contribution is -2.63. The van der Waals surface area contributed by atoms with E-state index in [-0.39, 0.29) is 79.2 Å². The number of rotatable bonds is 26. The molecule has 0 aliphatic carbocycles. The van der Waals surface area contributed by atoms with E-state index in [4.69, 9.17) is 40.1 Å². The normalized spacial score (nSPS) is 23.0. The van der Waals surface area contributed by atoms with Crippen LogP contribution in [0.15, 0.2) is 94.8 Å². The molecule has 3 unspecified atom stereocenters. The number of anilines is 1. The highest BCUT2D eigenvalue weighted by atomic mass is 35.5. The molecule has 0 saturated carbocycles. The maximum Gasteiger partial charge on any atom is 0.409 e. The number of pyridine rings is 2. The van der Waals surface area contributed by atoms with E-state index in [1.807, 2.05) is 77.1 Å². The van der Waals surface area contributed by atoms with Crippen molar-refractivity contribution in [3.8, 4) is 5.75 Å². The van der Waals surface area contributed by atoms with Crippen LogP contribution in [0.2, 0.25) is 5.02 Å². The summed E-state index contributed by atoms with van der Waals surface area (Å²) in [7, 11) is 19.0. The van der Waals surface area contributed by atoms with Gasteiger partial charge in [0.2, 0.25) is 23.6 Å². The molecule has 7 rings (SSSR count). The predicted molar refractivity (Wildman–Crippen MR) is 400 cm³/mol. The topological polar surface area (TPSA) is 304 Å². The van der Waals surface area contributed by atoms with Gasteiger partial charge in [0.05, 0.1) is 25.3 Å². The Morgan fingerprint density at radius 1 is 0.840 bits per heavy atom. The molecule has 31 heteroatoms. The molecule has 0 radical (unpaired) electrons. The Morgan fingerprint density at radius 2 is 1.40 bits per heavy atom. The zero-order chi connectivity index (χ0) is 73.6. The SMILES string of the molecule is C.CC.CC(CCC(=O)ON1C(=O)CCC1=O)SSc1ccccn1.CNC(=O)CCC(C)SSCCC(=O)N(C)[C@@H](C)C(=O)O[C@H]1CC(=O)N(C)c2cc(cc(OC)c2Cl)C/C(C)=C/C=C/[C@@H](OC)[C@@]2(O)C[C@H](OC(=O)N2)[C@@H](C)[C@@H]2O[C@@]12C.CNC(=O)CCC(C)SSc1ccccn1. The van der Waals surface area contributed by atoms with Crippen molar-refractivity contribution in [2.45, 2.75) is 214 Å². The molecule has 7 amide bonds. The van der Waals surface area contributed by atoms with Crippen molar-refractivity contribution in [1.29, 1.82) is 0 Å².